The van der Waals surface area contributed by atoms with Crippen molar-refractivity contribution in [2.75, 3.05) is 0 Å². The molecule has 0 aromatic carbocycles. The largest absolute Gasteiger partial charge is 0.442 e. The number of rotatable bonds is 2. The molecule has 1 saturated heterocycles. The molecule has 1 aliphatic rings. The molecule has 0 aromatic heterocycles. The summed E-state index contributed by atoms with van der Waals surface area (Å²) in [4.78, 5) is 10.9. The molecule has 1 rings (SSSR count). The Bertz CT molecular complexity index is 202. The molecule has 0 spiro atoms. The molecule has 0 aliphatic carbocycles. The van der Waals surface area contributed by atoms with E-state index in [1.54, 1.807) is 0 Å². The number of hydrogen-bond donors (Lipinski definition) is 1. The molecule has 68 valence electrons. The van der Waals surface area contributed by atoms with Crippen molar-refractivity contribution >= 4 is 6.09 Å². The third-order valence-electron chi connectivity index (χ3n) is 1.94. The second-order valence-electron chi connectivity index (χ2n) is 3.16. The van der Waals surface area contributed by atoms with Gasteiger partial charge in [0.25, 0.3) is 0 Å². The zero-order chi connectivity index (χ0) is 9.30. The maximum atomic E-state index is 10.9. The fraction of sp³-hybridized carbons (Fsp3) is 0.625. The van der Waals surface area contributed by atoms with Crippen molar-refractivity contribution in [1.82, 2.24) is 5.06 Å². The van der Waals surface area contributed by atoms with Gasteiger partial charge >= 0.3 is 6.09 Å². The fourth-order valence-electron chi connectivity index (χ4n) is 1.27. The molecule has 1 heterocycles. The van der Waals surface area contributed by atoms with Crippen LogP contribution in [0.4, 0.5) is 4.79 Å². The smallest absolute Gasteiger partial charge is 0.434 e. The Labute approximate surface area is 71.4 Å². The number of ether oxygens (including phenoxy) is 1. The van der Waals surface area contributed by atoms with Gasteiger partial charge in [0.05, 0.1) is 0 Å². The normalized spacial score (nSPS) is 29.3. The maximum Gasteiger partial charge on any atom is 0.434 e. The van der Waals surface area contributed by atoms with Crippen molar-refractivity contribution in [2.45, 2.75) is 26.0 Å². The highest BCUT2D eigenvalue weighted by Crippen LogP contribution is 2.23. The highest BCUT2D eigenvalue weighted by molar-refractivity contribution is 5.69. The zero-order valence-electron chi connectivity index (χ0n) is 7.23. The van der Waals surface area contributed by atoms with Crippen LogP contribution in [0.1, 0.15) is 13.8 Å². The van der Waals surface area contributed by atoms with E-state index in [0.717, 1.165) is 0 Å². The summed E-state index contributed by atoms with van der Waals surface area (Å²) in [6.07, 6.45) is 0.522. The molecule has 0 unspecified atom stereocenters. The monoisotopic (exact) mass is 171 g/mol. The predicted octanol–water partition coefficient (Wildman–Crippen LogP) is 1.41. The Balaban J connectivity index is 2.78. The van der Waals surface area contributed by atoms with Crippen LogP contribution in [0.15, 0.2) is 12.7 Å². The minimum atomic E-state index is -0.696. The standard InChI is InChI=1S/C8H13NO3/c1-4-6-7(5(2)3)12-8(10)9(6)11/h4-7,11H,1H2,2-3H3/t6-,7+/m0/s1. The van der Waals surface area contributed by atoms with Gasteiger partial charge in [0.1, 0.15) is 12.1 Å². The van der Waals surface area contributed by atoms with Gasteiger partial charge < -0.3 is 4.74 Å². The van der Waals surface area contributed by atoms with E-state index in [-0.39, 0.29) is 12.0 Å². The van der Waals surface area contributed by atoms with Gasteiger partial charge in [0, 0.05) is 0 Å². The fourth-order valence-corrected chi connectivity index (χ4v) is 1.27. The maximum absolute atomic E-state index is 10.9. The molecule has 0 bridgehead atoms. The number of hydrogen-bond acceptors (Lipinski definition) is 3. The van der Waals surface area contributed by atoms with Gasteiger partial charge in [-0.1, -0.05) is 19.9 Å². The van der Waals surface area contributed by atoms with Crippen LogP contribution in [-0.2, 0) is 4.74 Å². The molecular weight excluding hydrogens is 158 g/mol. The first-order valence-corrected chi connectivity index (χ1v) is 3.89. The van der Waals surface area contributed by atoms with Crippen LogP contribution in [0.2, 0.25) is 0 Å². The summed E-state index contributed by atoms with van der Waals surface area (Å²) < 4.78 is 4.90. The van der Waals surface area contributed by atoms with Crippen molar-refractivity contribution in [3.8, 4) is 0 Å². The van der Waals surface area contributed by atoms with E-state index in [2.05, 4.69) is 6.58 Å². The topological polar surface area (TPSA) is 49.8 Å². The molecule has 1 N–H and O–H groups in total. The van der Waals surface area contributed by atoms with Crippen LogP contribution in [0.25, 0.3) is 0 Å². The van der Waals surface area contributed by atoms with E-state index >= 15 is 0 Å². The Morgan fingerprint density at radius 2 is 2.33 bits per heavy atom. The molecule has 4 nitrogen and oxygen atoms in total. The van der Waals surface area contributed by atoms with Gasteiger partial charge in [0.2, 0.25) is 0 Å². The number of hydroxylamine groups is 2. The minimum Gasteiger partial charge on any atom is -0.442 e. The van der Waals surface area contributed by atoms with Gasteiger partial charge in [0.15, 0.2) is 0 Å². The molecule has 0 saturated carbocycles. The second-order valence-corrected chi connectivity index (χ2v) is 3.16. The van der Waals surface area contributed by atoms with E-state index in [1.165, 1.54) is 6.08 Å². The van der Waals surface area contributed by atoms with Gasteiger partial charge in [-0.15, -0.1) is 6.58 Å². The summed E-state index contributed by atoms with van der Waals surface area (Å²) in [5.41, 5.74) is 0. The molecule has 0 aromatic rings. The minimum absolute atomic E-state index is 0.175. The second kappa shape index (κ2) is 3.15. The molecule has 4 heteroatoms. The molecule has 0 radical (unpaired) electrons. The number of carbonyl (C=O) groups is 1. The first-order chi connectivity index (χ1) is 5.57. The molecular formula is C8H13NO3. The number of nitrogens with zero attached hydrogens (tertiary/aromatic N) is 1. The Kier molecular flexibility index (Phi) is 2.38. The lowest BCUT2D eigenvalue weighted by molar-refractivity contribution is -0.0514. The number of carbonyl (C=O) groups excluding carboxylic acids is 1. The summed E-state index contributed by atoms with van der Waals surface area (Å²) in [6, 6.07) is -0.419. The van der Waals surface area contributed by atoms with Crippen LogP contribution < -0.4 is 0 Å². The van der Waals surface area contributed by atoms with E-state index < -0.39 is 12.1 Å². The lowest BCUT2D eigenvalue weighted by Gasteiger charge is -2.18. The number of amides is 1. The van der Waals surface area contributed by atoms with Gasteiger partial charge in [-0.25, -0.2) is 4.79 Å². The third-order valence-corrected chi connectivity index (χ3v) is 1.94. The summed E-state index contributed by atoms with van der Waals surface area (Å²) in [7, 11) is 0. The lowest BCUT2D eigenvalue weighted by Crippen LogP contribution is -2.34. The lowest BCUT2D eigenvalue weighted by atomic mass is 10.0. The van der Waals surface area contributed by atoms with Crippen molar-refractivity contribution in [3.63, 3.8) is 0 Å². The molecule has 1 amide bonds. The molecule has 1 fully saturated rings. The van der Waals surface area contributed by atoms with E-state index in [1.807, 2.05) is 13.8 Å². The number of cyclic esters (lactones) is 1. The van der Waals surface area contributed by atoms with Gasteiger partial charge in [-0.05, 0) is 5.92 Å². The van der Waals surface area contributed by atoms with E-state index in [0.29, 0.717) is 5.06 Å². The van der Waals surface area contributed by atoms with Gasteiger partial charge in [-0.2, -0.15) is 5.06 Å². The summed E-state index contributed by atoms with van der Waals surface area (Å²) in [5, 5.41) is 9.75. The Hall–Kier alpha value is -1.03. The average Bonchev–Trinajstić information content (AvgIpc) is 2.29. The summed E-state index contributed by atoms with van der Waals surface area (Å²) >= 11 is 0. The Morgan fingerprint density at radius 1 is 1.75 bits per heavy atom. The van der Waals surface area contributed by atoms with Crippen LogP contribution in [0.3, 0.4) is 0 Å². The van der Waals surface area contributed by atoms with Crippen LogP contribution in [0, 0.1) is 5.92 Å². The van der Waals surface area contributed by atoms with Crippen molar-refractivity contribution in [3.05, 3.63) is 12.7 Å². The highest BCUT2D eigenvalue weighted by atomic mass is 16.7. The molecule has 2 atom stereocenters. The SMILES string of the molecule is C=C[C@H]1[C@@H](C(C)C)OC(=O)N1O. The summed E-state index contributed by atoms with van der Waals surface area (Å²) in [5.74, 6) is 0.175. The van der Waals surface area contributed by atoms with Crippen LogP contribution >= 0.6 is 0 Å². The van der Waals surface area contributed by atoms with Crippen molar-refractivity contribution < 1.29 is 14.7 Å². The van der Waals surface area contributed by atoms with Crippen molar-refractivity contribution in [1.29, 1.82) is 0 Å². The third kappa shape index (κ3) is 1.30. The summed E-state index contributed by atoms with van der Waals surface area (Å²) in [6.45, 7) is 7.37. The van der Waals surface area contributed by atoms with Gasteiger partial charge in [-0.3, -0.25) is 5.21 Å². The first kappa shape index (κ1) is 9.06. The predicted molar refractivity (Wildman–Crippen MR) is 42.7 cm³/mol. The quantitative estimate of drug-likeness (QED) is 0.504. The van der Waals surface area contributed by atoms with Crippen molar-refractivity contribution in [2.24, 2.45) is 5.92 Å². The van der Waals surface area contributed by atoms with E-state index in [4.69, 9.17) is 9.94 Å². The average molecular weight is 171 g/mol. The van der Waals surface area contributed by atoms with E-state index in [9.17, 15) is 4.79 Å². The zero-order valence-corrected chi connectivity index (χ0v) is 7.23. The Morgan fingerprint density at radius 3 is 2.67 bits per heavy atom. The molecule has 12 heavy (non-hydrogen) atoms. The first-order valence-electron chi connectivity index (χ1n) is 3.89. The molecule has 1 aliphatic heterocycles. The highest BCUT2D eigenvalue weighted by Gasteiger charge is 2.40. The van der Waals surface area contributed by atoms with Crippen LogP contribution in [0.5, 0.6) is 0 Å². The van der Waals surface area contributed by atoms with Crippen LogP contribution in [-0.4, -0.2) is 28.5 Å².